The van der Waals surface area contributed by atoms with Crippen molar-refractivity contribution in [1.82, 2.24) is 10.2 Å². The van der Waals surface area contributed by atoms with Gasteiger partial charge < -0.3 is 16.0 Å². The van der Waals surface area contributed by atoms with Crippen LogP contribution in [0.3, 0.4) is 0 Å². The molecule has 0 atom stereocenters. The van der Waals surface area contributed by atoms with Crippen LogP contribution in [0.25, 0.3) is 0 Å². The first-order chi connectivity index (χ1) is 6.74. The fourth-order valence-electron chi connectivity index (χ4n) is 1.32. The third-order valence-corrected chi connectivity index (χ3v) is 2.13. The minimum Gasteiger partial charge on any atom is -0.370 e. The van der Waals surface area contributed by atoms with Crippen LogP contribution in [0.5, 0.6) is 0 Å². The van der Waals surface area contributed by atoms with Crippen LogP contribution < -0.4 is 11.1 Å². The van der Waals surface area contributed by atoms with Crippen molar-refractivity contribution in [3.05, 3.63) is 0 Å². The highest BCUT2D eigenvalue weighted by Gasteiger charge is 2.14. The van der Waals surface area contributed by atoms with Crippen LogP contribution in [0.1, 0.15) is 19.8 Å². The molecule has 5 nitrogen and oxygen atoms in total. The fourth-order valence-corrected chi connectivity index (χ4v) is 1.32. The Hall–Kier alpha value is -1.26. The number of hydrogen-bond acceptors (Lipinski definition) is 2. The molecule has 1 heterocycles. The Bertz CT molecular complexity index is 227. The Morgan fingerprint density at radius 3 is 3.14 bits per heavy atom. The maximum absolute atomic E-state index is 11.0. The maximum Gasteiger partial charge on any atom is 0.221 e. The highest BCUT2D eigenvalue weighted by atomic mass is 16.1. The smallest absolute Gasteiger partial charge is 0.221 e. The maximum atomic E-state index is 11.0. The van der Waals surface area contributed by atoms with Crippen molar-refractivity contribution < 1.29 is 4.79 Å². The van der Waals surface area contributed by atoms with Crippen molar-refractivity contribution in [3.8, 4) is 0 Å². The van der Waals surface area contributed by atoms with Crippen LogP contribution in [0.2, 0.25) is 0 Å². The Morgan fingerprint density at radius 1 is 1.64 bits per heavy atom. The van der Waals surface area contributed by atoms with Crippen molar-refractivity contribution in [1.29, 1.82) is 0 Å². The predicted octanol–water partition coefficient (Wildman–Crippen LogP) is -0.467. The van der Waals surface area contributed by atoms with Gasteiger partial charge in [0.05, 0.1) is 0 Å². The van der Waals surface area contributed by atoms with Crippen LogP contribution in [0, 0.1) is 0 Å². The number of guanidine groups is 1. The molecule has 0 aromatic carbocycles. The van der Waals surface area contributed by atoms with Gasteiger partial charge in [-0.25, -0.2) is 0 Å². The lowest BCUT2D eigenvalue weighted by molar-refractivity contribution is -0.120. The fraction of sp³-hybridized carbons (Fsp3) is 0.778. The third kappa shape index (κ3) is 3.24. The van der Waals surface area contributed by atoms with Gasteiger partial charge in [0.25, 0.3) is 0 Å². The van der Waals surface area contributed by atoms with E-state index in [2.05, 4.69) is 17.2 Å². The van der Waals surface area contributed by atoms with Crippen LogP contribution >= 0.6 is 0 Å². The summed E-state index contributed by atoms with van der Waals surface area (Å²) in [7, 11) is 0. The van der Waals surface area contributed by atoms with Crippen molar-refractivity contribution in [2.24, 2.45) is 10.7 Å². The van der Waals surface area contributed by atoms with Gasteiger partial charge in [0, 0.05) is 32.6 Å². The number of nitrogens with zero attached hydrogens (tertiary/aromatic N) is 2. The summed E-state index contributed by atoms with van der Waals surface area (Å²) < 4.78 is 0. The van der Waals surface area contributed by atoms with E-state index in [9.17, 15) is 4.79 Å². The molecule has 1 aliphatic heterocycles. The second-order valence-electron chi connectivity index (χ2n) is 3.33. The lowest BCUT2D eigenvalue weighted by Crippen LogP contribution is -2.39. The van der Waals surface area contributed by atoms with Crippen LogP contribution in [-0.2, 0) is 4.79 Å². The van der Waals surface area contributed by atoms with Crippen molar-refractivity contribution in [3.63, 3.8) is 0 Å². The number of nitrogens with one attached hydrogen (secondary N) is 1. The average molecular weight is 198 g/mol. The van der Waals surface area contributed by atoms with E-state index in [-0.39, 0.29) is 5.91 Å². The third-order valence-electron chi connectivity index (χ3n) is 2.13. The summed E-state index contributed by atoms with van der Waals surface area (Å²) in [6.45, 7) is 4.89. The van der Waals surface area contributed by atoms with Gasteiger partial charge in [0.1, 0.15) is 0 Å². The number of carbonyl (C=O) groups is 1. The molecule has 0 saturated carbocycles. The zero-order chi connectivity index (χ0) is 10.4. The van der Waals surface area contributed by atoms with Gasteiger partial charge in [-0.15, -0.1) is 0 Å². The molecule has 0 aromatic rings. The van der Waals surface area contributed by atoms with Gasteiger partial charge in [-0.3, -0.25) is 9.79 Å². The van der Waals surface area contributed by atoms with E-state index in [1.807, 2.05) is 4.90 Å². The van der Waals surface area contributed by atoms with E-state index in [1.54, 1.807) is 0 Å². The number of hydrogen-bond donors (Lipinski definition) is 2. The molecule has 0 unspecified atom stereocenters. The minimum absolute atomic E-state index is 0.0933. The average Bonchev–Trinajstić information content (AvgIpc) is 2.39. The molecule has 0 bridgehead atoms. The zero-order valence-corrected chi connectivity index (χ0v) is 8.62. The molecule has 3 N–H and O–H groups in total. The second kappa shape index (κ2) is 5.47. The van der Waals surface area contributed by atoms with E-state index in [1.165, 1.54) is 0 Å². The minimum atomic E-state index is 0.0933. The summed E-state index contributed by atoms with van der Waals surface area (Å²) in [5.74, 6) is 0.652. The molecule has 0 aromatic heterocycles. The largest absolute Gasteiger partial charge is 0.370 e. The standard InChI is InChI=1S/C9H18N4O/c1-2-4-12-9(10)13-6-3-8(14)11-5-7-13/h2-7H2,1H3,(H2,10,12)(H,11,14). The van der Waals surface area contributed by atoms with Crippen molar-refractivity contribution in [2.75, 3.05) is 26.2 Å². The Balaban J connectivity index is 2.46. The van der Waals surface area contributed by atoms with E-state index < -0.39 is 0 Å². The lowest BCUT2D eigenvalue weighted by atomic mass is 10.4. The van der Waals surface area contributed by atoms with Gasteiger partial charge in [-0.1, -0.05) is 6.92 Å². The summed E-state index contributed by atoms with van der Waals surface area (Å²) in [6, 6.07) is 0. The van der Waals surface area contributed by atoms with E-state index in [0.717, 1.165) is 19.5 Å². The first-order valence-electron chi connectivity index (χ1n) is 5.05. The Kier molecular flexibility index (Phi) is 4.22. The first-order valence-corrected chi connectivity index (χ1v) is 5.05. The van der Waals surface area contributed by atoms with E-state index >= 15 is 0 Å². The molecule has 1 fully saturated rings. The van der Waals surface area contributed by atoms with Crippen LogP contribution in [0.4, 0.5) is 0 Å². The van der Waals surface area contributed by atoms with Crippen molar-refractivity contribution in [2.45, 2.75) is 19.8 Å². The summed E-state index contributed by atoms with van der Waals surface area (Å²) in [5, 5.41) is 2.79. The number of aliphatic imine (C=N–C) groups is 1. The highest BCUT2D eigenvalue weighted by molar-refractivity contribution is 5.81. The molecule has 80 valence electrons. The number of carbonyl (C=O) groups excluding carboxylic acids is 1. The number of rotatable bonds is 2. The van der Waals surface area contributed by atoms with Crippen LogP contribution in [0.15, 0.2) is 4.99 Å². The molecule has 0 radical (unpaired) electrons. The summed E-state index contributed by atoms with van der Waals surface area (Å²) >= 11 is 0. The topological polar surface area (TPSA) is 70.7 Å². The first kappa shape index (κ1) is 10.8. The lowest BCUT2D eigenvalue weighted by Gasteiger charge is -2.20. The molecule has 0 spiro atoms. The monoisotopic (exact) mass is 198 g/mol. The molecule has 14 heavy (non-hydrogen) atoms. The molecular formula is C9H18N4O. The zero-order valence-electron chi connectivity index (χ0n) is 8.62. The summed E-state index contributed by atoms with van der Waals surface area (Å²) in [5.41, 5.74) is 5.79. The van der Waals surface area contributed by atoms with Crippen molar-refractivity contribution >= 4 is 11.9 Å². The Labute approximate surface area is 84.4 Å². The van der Waals surface area contributed by atoms with Gasteiger partial charge in [-0.2, -0.15) is 0 Å². The SMILES string of the molecule is CCCN=C(N)N1CCNC(=O)CC1. The highest BCUT2D eigenvalue weighted by Crippen LogP contribution is 1.96. The molecule has 1 amide bonds. The summed E-state index contributed by atoms with van der Waals surface area (Å²) in [6.07, 6.45) is 1.49. The molecule has 5 heteroatoms. The van der Waals surface area contributed by atoms with Gasteiger partial charge in [0.15, 0.2) is 5.96 Å². The predicted molar refractivity (Wildman–Crippen MR) is 56.0 cm³/mol. The number of amides is 1. The summed E-state index contributed by atoms with van der Waals surface area (Å²) in [4.78, 5) is 17.2. The van der Waals surface area contributed by atoms with Gasteiger partial charge >= 0.3 is 0 Å². The second-order valence-corrected chi connectivity index (χ2v) is 3.33. The molecule has 1 rings (SSSR count). The normalized spacial score (nSPS) is 19.1. The molecule has 1 aliphatic rings. The number of nitrogens with two attached hydrogens (primary N) is 1. The Morgan fingerprint density at radius 2 is 2.43 bits per heavy atom. The molecular weight excluding hydrogens is 180 g/mol. The van der Waals surface area contributed by atoms with E-state index in [4.69, 9.17) is 5.73 Å². The van der Waals surface area contributed by atoms with Gasteiger partial charge in [0.2, 0.25) is 5.91 Å². The van der Waals surface area contributed by atoms with Crippen LogP contribution in [-0.4, -0.2) is 42.9 Å². The molecule has 0 aliphatic carbocycles. The quantitative estimate of drug-likeness (QED) is 0.465. The van der Waals surface area contributed by atoms with Gasteiger partial charge in [-0.05, 0) is 6.42 Å². The molecule has 1 saturated heterocycles. The van der Waals surface area contributed by atoms with E-state index in [0.29, 0.717) is 25.5 Å².